The van der Waals surface area contributed by atoms with Gasteiger partial charge in [0.2, 0.25) is 5.78 Å². The van der Waals surface area contributed by atoms with E-state index >= 15 is 0 Å². The van der Waals surface area contributed by atoms with Crippen LogP contribution in [0.25, 0.3) is 11.0 Å². The normalized spacial score (nSPS) is 13.7. The van der Waals surface area contributed by atoms with Gasteiger partial charge in [0.15, 0.2) is 11.5 Å². The van der Waals surface area contributed by atoms with Gasteiger partial charge in [0, 0.05) is 17.4 Å². The lowest BCUT2D eigenvalue weighted by Crippen LogP contribution is -2.10. The topological polar surface area (TPSA) is 82.5 Å². The molecule has 126 valence electrons. The van der Waals surface area contributed by atoms with Crippen molar-refractivity contribution in [1.29, 1.82) is 0 Å². The average molecular weight is 335 g/mol. The van der Waals surface area contributed by atoms with Crippen LogP contribution in [0.5, 0.6) is 5.75 Å². The number of ether oxygens (including phenoxy) is 1. The molecule has 1 heterocycles. The van der Waals surface area contributed by atoms with Gasteiger partial charge < -0.3 is 14.9 Å². The van der Waals surface area contributed by atoms with Gasteiger partial charge in [0.1, 0.15) is 11.3 Å². The van der Waals surface area contributed by atoms with E-state index in [1.807, 2.05) is 6.07 Å². The van der Waals surface area contributed by atoms with Crippen LogP contribution in [0.4, 0.5) is 5.69 Å². The minimum Gasteiger partial charge on any atom is -0.496 e. The average Bonchev–Trinajstić information content (AvgIpc) is 2.96. The molecule has 2 N–H and O–H groups in total. The molecule has 3 aromatic rings. The van der Waals surface area contributed by atoms with Crippen LogP contribution in [0.3, 0.4) is 0 Å². The zero-order chi connectivity index (χ0) is 17.6. The number of hydrogen-bond acceptors (Lipinski definition) is 5. The van der Waals surface area contributed by atoms with Crippen molar-refractivity contribution in [3.8, 4) is 5.75 Å². The number of Topliss-reactive ketones (excluding diaryl/α,β-unsaturated/α-hetero) is 1. The molecule has 0 fully saturated rings. The summed E-state index contributed by atoms with van der Waals surface area (Å²) in [4.78, 5) is 25.0. The zero-order valence-corrected chi connectivity index (χ0v) is 13.8. The predicted octanol–water partition coefficient (Wildman–Crippen LogP) is 3.77. The third-order valence-corrected chi connectivity index (χ3v) is 4.66. The van der Waals surface area contributed by atoms with Crippen LogP contribution >= 0.6 is 0 Å². The molecule has 0 radical (unpaired) electrons. The fourth-order valence-electron chi connectivity index (χ4n) is 3.37. The first-order valence-corrected chi connectivity index (χ1v) is 8.16. The first kappa shape index (κ1) is 15.4. The minimum absolute atomic E-state index is 0.0781. The highest BCUT2D eigenvalue weighted by molar-refractivity contribution is 6.16. The molecule has 0 bridgehead atoms. The largest absolute Gasteiger partial charge is 0.496 e. The number of benzene rings is 2. The molecule has 0 amide bonds. The summed E-state index contributed by atoms with van der Waals surface area (Å²) < 4.78 is 11.0. The number of methoxy groups -OCH3 is 1. The SMILES string of the molecule is COc1ccccc1C(=O)c1oc2cc3c(cc2c1N)C(=O)CCC3. The van der Waals surface area contributed by atoms with Gasteiger partial charge in [-0.1, -0.05) is 12.1 Å². The van der Waals surface area contributed by atoms with Crippen molar-refractivity contribution in [1.82, 2.24) is 0 Å². The van der Waals surface area contributed by atoms with Crippen molar-refractivity contribution in [3.63, 3.8) is 0 Å². The van der Waals surface area contributed by atoms with E-state index in [0.717, 1.165) is 18.4 Å². The molecule has 1 aromatic heterocycles. The molecule has 2 aromatic carbocycles. The number of furan rings is 1. The van der Waals surface area contributed by atoms with Crippen molar-refractivity contribution in [2.45, 2.75) is 19.3 Å². The monoisotopic (exact) mass is 335 g/mol. The van der Waals surface area contributed by atoms with Crippen LogP contribution in [0.2, 0.25) is 0 Å². The van der Waals surface area contributed by atoms with Gasteiger partial charge in [0.25, 0.3) is 0 Å². The maximum atomic E-state index is 12.9. The number of anilines is 1. The lowest BCUT2D eigenvalue weighted by atomic mass is 9.89. The van der Waals surface area contributed by atoms with Crippen molar-refractivity contribution < 1.29 is 18.7 Å². The quantitative estimate of drug-likeness (QED) is 0.737. The van der Waals surface area contributed by atoms with Gasteiger partial charge in [-0.25, -0.2) is 0 Å². The molecule has 25 heavy (non-hydrogen) atoms. The number of rotatable bonds is 3. The van der Waals surface area contributed by atoms with E-state index in [2.05, 4.69) is 0 Å². The summed E-state index contributed by atoms with van der Waals surface area (Å²) in [5.41, 5.74) is 8.99. The highest BCUT2D eigenvalue weighted by Crippen LogP contribution is 2.35. The van der Waals surface area contributed by atoms with E-state index in [4.69, 9.17) is 14.9 Å². The van der Waals surface area contributed by atoms with Gasteiger partial charge in [-0.05, 0) is 42.7 Å². The van der Waals surface area contributed by atoms with E-state index in [-0.39, 0.29) is 23.0 Å². The lowest BCUT2D eigenvalue weighted by molar-refractivity contribution is 0.0971. The van der Waals surface area contributed by atoms with Gasteiger partial charge in [-0.2, -0.15) is 0 Å². The predicted molar refractivity (Wildman–Crippen MR) is 94.3 cm³/mol. The molecular weight excluding hydrogens is 318 g/mol. The second kappa shape index (κ2) is 5.77. The second-order valence-electron chi connectivity index (χ2n) is 6.16. The minimum atomic E-state index is -0.338. The Labute approximate surface area is 144 Å². The third kappa shape index (κ3) is 2.39. The Morgan fingerprint density at radius 1 is 1.20 bits per heavy atom. The number of para-hydroxylation sites is 1. The van der Waals surface area contributed by atoms with Gasteiger partial charge in [0.05, 0.1) is 18.4 Å². The number of nitrogen functional groups attached to an aromatic ring is 1. The Bertz CT molecular complexity index is 1020. The van der Waals surface area contributed by atoms with E-state index < -0.39 is 0 Å². The Balaban J connectivity index is 1.87. The molecule has 0 saturated heterocycles. The molecule has 0 saturated carbocycles. The molecule has 1 aliphatic rings. The molecule has 0 spiro atoms. The van der Waals surface area contributed by atoms with Crippen LogP contribution in [0, 0.1) is 0 Å². The van der Waals surface area contributed by atoms with E-state index in [9.17, 15) is 9.59 Å². The maximum Gasteiger partial charge on any atom is 0.234 e. The zero-order valence-electron chi connectivity index (χ0n) is 13.8. The molecule has 1 aliphatic carbocycles. The Morgan fingerprint density at radius 3 is 2.80 bits per heavy atom. The number of nitrogens with two attached hydrogens (primary N) is 1. The van der Waals surface area contributed by atoms with E-state index in [1.54, 1.807) is 30.3 Å². The first-order valence-electron chi connectivity index (χ1n) is 8.16. The van der Waals surface area contributed by atoms with E-state index in [0.29, 0.717) is 34.3 Å². The molecule has 4 rings (SSSR count). The molecule has 0 aliphatic heterocycles. The molecular formula is C20H17NO4. The number of carbonyl (C=O) groups excluding carboxylic acids is 2. The van der Waals surface area contributed by atoms with Gasteiger partial charge in [-0.15, -0.1) is 0 Å². The van der Waals surface area contributed by atoms with Crippen molar-refractivity contribution in [2.24, 2.45) is 0 Å². The fourth-order valence-corrected chi connectivity index (χ4v) is 3.37. The molecule has 5 heteroatoms. The van der Waals surface area contributed by atoms with Crippen LogP contribution in [0.1, 0.15) is 44.9 Å². The second-order valence-corrected chi connectivity index (χ2v) is 6.16. The van der Waals surface area contributed by atoms with E-state index in [1.165, 1.54) is 7.11 Å². The lowest BCUT2D eigenvalue weighted by Gasteiger charge is -2.13. The highest BCUT2D eigenvalue weighted by Gasteiger charge is 2.25. The summed E-state index contributed by atoms with van der Waals surface area (Å²) in [6.45, 7) is 0. The summed E-state index contributed by atoms with van der Waals surface area (Å²) in [6, 6.07) is 10.5. The Morgan fingerprint density at radius 2 is 2.00 bits per heavy atom. The maximum absolute atomic E-state index is 12.9. The van der Waals surface area contributed by atoms with Crippen molar-refractivity contribution in [3.05, 3.63) is 58.8 Å². The smallest absolute Gasteiger partial charge is 0.234 e. The highest BCUT2D eigenvalue weighted by atomic mass is 16.5. The molecule has 0 atom stereocenters. The molecule has 0 unspecified atom stereocenters. The van der Waals surface area contributed by atoms with Crippen LogP contribution in [-0.4, -0.2) is 18.7 Å². The number of hydrogen-bond donors (Lipinski definition) is 1. The van der Waals surface area contributed by atoms with Gasteiger partial charge >= 0.3 is 0 Å². The third-order valence-electron chi connectivity index (χ3n) is 4.66. The van der Waals surface area contributed by atoms with Crippen molar-refractivity contribution in [2.75, 3.05) is 12.8 Å². The standard InChI is InChI=1S/C20H17NO4/c1-24-16-8-3-2-6-12(16)19(23)20-18(21)14-10-13-11(9-17(14)25-20)5-4-7-15(13)22/h2-3,6,8-10H,4-5,7,21H2,1H3. The number of aryl methyl sites for hydroxylation is 1. The summed E-state index contributed by atoms with van der Waals surface area (Å²) in [7, 11) is 1.51. The number of carbonyl (C=O) groups is 2. The van der Waals surface area contributed by atoms with Crippen LogP contribution in [-0.2, 0) is 6.42 Å². The Kier molecular flexibility index (Phi) is 3.57. The van der Waals surface area contributed by atoms with Gasteiger partial charge in [-0.3, -0.25) is 9.59 Å². The Hall–Kier alpha value is -3.08. The summed E-state index contributed by atoms with van der Waals surface area (Å²) in [5.74, 6) is 0.313. The number of ketones is 2. The number of fused-ring (bicyclic) bond motifs is 2. The fraction of sp³-hybridized carbons (Fsp3) is 0.200. The summed E-state index contributed by atoms with van der Waals surface area (Å²) >= 11 is 0. The molecule has 5 nitrogen and oxygen atoms in total. The van der Waals surface area contributed by atoms with Crippen LogP contribution in [0.15, 0.2) is 40.8 Å². The first-order chi connectivity index (χ1) is 12.1. The summed E-state index contributed by atoms with van der Waals surface area (Å²) in [5, 5.41) is 0.604. The van der Waals surface area contributed by atoms with Crippen molar-refractivity contribution >= 4 is 28.2 Å². The van der Waals surface area contributed by atoms with Crippen LogP contribution < -0.4 is 10.5 Å². The summed E-state index contributed by atoms with van der Waals surface area (Å²) in [6.07, 6.45) is 2.21.